The number of carboxylic acid groups (broad SMARTS) is 1. The van der Waals surface area contributed by atoms with Gasteiger partial charge in [-0.2, -0.15) is 0 Å². The van der Waals surface area contributed by atoms with Crippen LogP contribution in [0.2, 0.25) is 0 Å². The lowest BCUT2D eigenvalue weighted by Gasteiger charge is -2.20. The van der Waals surface area contributed by atoms with Gasteiger partial charge in [-0.05, 0) is 24.5 Å². The van der Waals surface area contributed by atoms with Crippen molar-refractivity contribution < 1.29 is 9.90 Å². The lowest BCUT2D eigenvalue weighted by atomic mass is 10.0. The number of carbonyl (C=O) groups is 1. The fourth-order valence-corrected chi connectivity index (χ4v) is 3.78. The molecule has 0 bridgehead atoms. The molecule has 1 aliphatic rings. The topological polar surface area (TPSA) is 49.7 Å². The molecule has 2 rings (SSSR count). The summed E-state index contributed by atoms with van der Waals surface area (Å²) in [6.45, 7) is 3.16. The molecule has 0 fully saturated rings. The first-order chi connectivity index (χ1) is 10.7. The summed E-state index contributed by atoms with van der Waals surface area (Å²) in [5, 5.41) is 9.98. The first-order valence-electron chi connectivity index (χ1n) is 8.21. The molecule has 22 heavy (non-hydrogen) atoms. The van der Waals surface area contributed by atoms with Gasteiger partial charge in [0.2, 0.25) is 0 Å². The number of thioether (sulfide) groups is 1. The quantitative estimate of drug-likeness (QED) is 0.696. The minimum atomic E-state index is -0.882. The first-order valence-corrected chi connectivity index (χ1v) is 9.20. The van der Waals surface area contributed by atoms with E-state index in [9.17, 15) is 4.79 Å². The molecular formula is C18H25NO2S. The van der Waals surface area contributed by atoms with Crippen LogP contribution in [0.25, 0.3) is 0 Å². The molecule has 0 radical (unpaired) electrons. The van der Waals surface area contributed by atoms with E-state index in [0.717, 1.165) is 22.9 Å². The van der Waals surface area contributed by atoms with Crippen LogP contribution in [0.4, 0.5) is 0 Å². The highest BCUT2D eigenvalue weighted by molar-refractivity contribution is 8.14. The Morgan fingerprint density at radius 1 is 1.23 bits per heavy atom. The van der Waals surface area contributed by atoms with E-state index in [2.05, 4.69) is 6.92 Å². The second-order valence-corrected chi connectivity index (χ2v) is 6.92. The van der Waals surface area contributed by atoms with E-state index in [-0.39, 0.29) is 0 Å². The molecular weight excluding hydrogens is 294 g/mol. The van der Waals surface area contributed by atoms with E-state index in [0.29, 0.717) is 11.5 Å². The number of hydrogen-bond acceptors (Lipinski definition) is 3. The molecule has 0 saturated carbocycles. The molecule has 1 unspecified atom stereocenters. The summed E-state index contributed by atoms with van der Waals surface area (Å²) >= 11 is 1.81. The van der Waals surface area contributed by atoms with Gasteiger partial charge in [-0.25, -0.2) is 4.79 Å². The first kappa shape index (κ1) is 17.1. The lowest BCUT2D eigenvalue weighted by molar-refractivity contribution is 0.0697. The summed E-state index contributed by atoms with van der Waals surface area (Å²) in [4.78, 5) is 15.6. The van der Waals surface area contributed by atoms with Crippen molar-refractivity contribution in [3.8, 4) is 0 Å². The third-order valence-electron chi connectivity index (χ3n) is 4.04. The lowest BCUT2D eigenvalue weighted by Crippen LogP contribution is -2.16. The van der Waals surface area contributed by atoms with Crippen molar-refractivity contribution in [2.45, 2.75) is 45.4 Å². The van der Waals surface area contributed by atoms with Crippen molar-refractivity contribution in [1.29, 1.82) is 0 Å². The maximum absolute atomic E-state index is 10.9. The molecule has 0 aliphatic carbocycles. The Kier molecular flexibility index (Phi) is 6.97. The predicted octanol–water partition coefficient (Wildman–Crippen LogP) is 4.85. The van der Waals surface area contributed by atoms with Gasteiger partial charge in [-0.3, -0.25) is 4.99 Å². The van der Waals surface area contributed by atoms with Gasteiger partial charge < -0.3 is 5.11 Å². The number of aromatic carboxylic acids is 1. The fraction of sp³-hybridized carbons (Fsp3) is 0.556. The Labute approximate surface area is 137 Å². The van der Waals surface area contributed by atoms with Crippen LogP contribution in [0.15, 0.2) is 29.3 Å². The summed E-state index contributed by atoms with van der Waals surface area (Å²) in [6, 6.07) is 7.03. The number of benzene rings is 1. The highest BCUT2D eigenvalue weighted by Gasteiger charge is 2.17. The molecule has 0 spiro atoms. The van der Waals surface area contributed by atoms with Crippen LogP contribution in [0, 0.1) is 5.92 Å². The Morgan fingerprint density at radius 3 is 2.55 bits per heavy atom. The minimum Gasteiger partial charge on any atom is -0.478 e. The second-order valence-electron chi connectivity index (χ2n) is 5.91. The van der Waals surface area contributed by atoms with Gasteiger partial charge >= 0.3 is 5.97 Å². The Hall–Kier alpha value is -1.29. The summed E-state index contributed by atoms with van der Waals surface area (Å²) in [7, 11) is 0. The summed E-state index contributed by atoms with van der Waals surface area (Å²) in [6.07, 6.45) is 7.97. The number of hydrogen-bond donors (Lipinski definition) is 1. The zero-order valence-electron chi connectivity index (χ0n) is 13.3. The maximum Gasteiger partial charge on any atom is 0.335 e. The van der Waals surface area contributed by atoms with Gasteiger partial charge in [0.15, 0.2) is 0 Å². The highest BCUT2D eigenvalue weighted by Crippen LogP contribution is 2.26. The van der Waals surface area contributed by atoms with Gasteiger partial charge in [0.25, 0.3) is 0 Å². The van der Waals surface area contributed by atoms with Gasteiger partial charge in [-0.15, -0.1) is 11.8 Å². The molecule has 4 heteroatoms. The molecule has 120 valence electrons. The summed E-state index contributed by atoms with van der Waals surface area (Å²) < 4.78 is 0. The monoisotopic (exact) mass is 319 g/mol. The predicted molar refractivity (Wildman–Crippen MR) is 94.1 cm³/mol. The second kappa shape index (κ2) is 8.99. The average molecular weight is 319 g/mol. The Bertz CT molecular complexity index is 510. The third kappa shape index (κ3) is 5.16. The molecule has 1 aromatic rings. The molecule has 1 aromatic carbocycles. The smallest absolute Gasteiger partial charge is 0.335 e. The average Bonchev–Trinajstić information content (AvgIpc) is 2.55. The summed E-state index contributed by atoms with van der Waals surface area (Å²) in [5.74, 6) is 0.953. The van der Waals surface area contributed by atoms with Crippen molar-refractivity contribution in [2.75, 3.05) is 12.3 Å². The molecule has 1 heterocycles. The van der Waals surface area contributed by atoms with E-state index in [1.165, 1.54) is 38.5 Å². The normalized spacial score (nSPS) is 18.0. The number of carboxylic acids is 1. The van der Waals surface area contributed by atoms with Crippen LogP contribution in [0.1, 0.15) is 61.4 Å². The highest BCUT2D eigenvalue weighted by atomic mass is 32.2. The van der Waals surface area contributed by atoms with Crippen molar-refractivity contribution in [2.24, 2.45) is 10.9 Å². The van der Waals surface area contributed by atoms with Crippen LogP contribution in [-0.2, 0) is 0 Å². The molecule has 0 aromatic heterocycles. The summed E-state index contributed by atoms with van der Waals surface area (Å²) in [5.41, 5.74) is 1.37. The number of nitrogens with zero attached hydrogens (tertiary/aromatic N) is 1. The van der Waals surface area contributed by atoms with Gasteiger partial charge in [-0.1, -0.05) is 51.2 Å². The van der Waals surface area contributed by atoms with Crippen LogP contribution in [0.3, 0.4) is 0 Å². The number of rotatable bonds is 8. The van der Waals surface area contributed by atoms with Gasteiger partial charge in [0.05, 0.1) is 10.6 Å². The van der Waals surface area contributed by atoms with E-state index >= 15 is 0 Å². The SMILES string of the molecule is CCCCCCCC1CN=C(c2ccc(C(=O)O)cc2)SC1. The zero-order valence-corrected chi connectivity index (χ0v) is 14.1. The van der Waals surface area contributed by atoms with E-state index in [4.69, 9.17) is 10.1 Å². The standard InChI is InChI=1S/C18H25NO2S/c1-2-3-4-5-6-7-14-12-19-17(22-13-14)15-8-10-16(11-9-15)18(20)21/h8-11,14H,2-7,12-13H2,1H3,(H,20,21). The zero-order chi connectivity index (χ0) is 15.8. The molecule has 1 atom stereocenters. The molecule has 1 aliphatic heterocycles. The van der Waals surface area contributed by atoms with Crippen LogP contribution >= 0.6 is 11.8 Å². The Morgan fingerprint density at radius 2 is 1.95 bits per heavy atom. The number of unbranched alkanes of at least 4 members (excludes halogenated alkanes) is 4. The van der Waals surface area contributed by atoms with E-state index in [1.807, 2.05) is 23.9 Å². The van der Waals surface area contributed by atoms with Crippen LogP contribution < -0.4 is 0 Å². The largest absolute Gasteiger partial charge is 0.478 e. The molecule has 3 nitrogen and oxygen atoms in total. The van der Waals surface area contributed by atoms with Crippen molar-refractivity contribution in [3.05, 3.63) is 35.4 Å². The Balaban J connectivity index is 1.79. The van der Waals surface area contributed by atoms with Crippen molar-refractivity contribution in [3.63, 3.8) is 0 Å². The van der Waals surface area contributed by atoms with E-state index < -0.39 is 5.97 Å². The minimum absolute atomic E-state index is 0.329. The van der Waals surface area contributed by atoms with Gasteiger partial charge in [0, 0.05) is 17.9 Å². The molecule has 0 amide bonds. The maximum atomic E-state index is 10.9. The third-order valence-corrected chi connectivity index (χ3v) is 5.32. The molecule has 0 saturated heterocycles. The van der Waals surface area contributed by atoms with Crippen LogP contribution in [0.5, 0.6) is 0 Å². The van der Waals surface area contributed by atoms with E-state index in [1.54, 1.807) is 12.1 Å². The fourth-order valence-electron chi connectivity index (χ4n) is 2.65. The van der Waals surface area contributed by atoms with Crippen molar-refractivity contribution >= 4 is 22.8 Å². The number of aliphatic imine (C=N–C) groups is 1. The van der Waals surface area contributed by atoms with Gasteiger partial charge in [0.1, 0.15) is 0 Å². The van der Waals surface area contributed by atoms with Crippen molar-refractivity contribution in [1.82, 2.24) is 0 Å². The van der Waals surface area contributed by atoms with Crippen LogP contribution in [-0.4, -0.2) is 28.4 Å². The molecule has 1 N–H and O–H groups in total.